The van der Waals surface area contributed by atoms with E-state index in [4.69, 9.17) is 9.72 Å². The third-order valence-corrected chi connectivity index (χ3v) is 5.97. The van der Waals surface area contributed by atoms with Gasteiger partial charge in [-0.1, -0.05) is 36.4 Å². The minimum atomic E-state index is 0.0167. The Kier molecular flexibility index (Phi) is 5.51. The minimum absolute atomic E-state index is 0.0167. The number of rotatable bonds is 7. The van der Waals surface area contributed by atoms with Crippen molar-refractivity contribution in [2.24, 2.45) is 5.92 Å². The van der Waals surface area contributed by atoms with Gasteiger partial charge in [-0.05, 0) is 36.5 Å². The monoisotopic (exact) mass is 404 g/mol. The number of carbonyl (C=O) groups excluding carboxylic acids is 1. The maximum atomic E-state index is 13.3. The van der Waals surface area contributed by atoms with E-state index in [2.05, 4.69) is 39.6 Å². The summed E-state index contributed by atoms with van der Waals surface area (Å²) < 4.78 is 7.51. The number of aromatic nitrogens is 2. The molecule has 6 heteroatoms. The maximum Gasteiger partial charge on any atom is 0.274 e. The number of carbonyl (C=O) groups is 1. The molecule has 0 spiro atoms. The van der Waals surface area contributed by atoms with Gasteiger partial charge < -0.3 is 14.0 Å². The van der Waals surface area contributed by atoms with Crippen molar-refractivity contribution in [1.82, 2.24) is 19.2 Å². The molecule has 0 radical (unpaired) electrons. The summed E-state index contributed by atoms with van der Waals surface area (Å²) in [6, 6.07) is 16.5. The number of amides is 1. The van der Waals surface area contributed by atoms with Gasteiger partial charge in [0.1, 0.15) is 5.65 Å². The van der Waals surface area contributed by atoms with E-state index in [9.17, 15) is 4.79 Å². The molecule has 1 saturated heterocycles. The van der Waals surface area contributed by atoms with Gasteiger partial charge in [-0.15, -0.1) is 0 Å². The molecule has 2 aliphatic rings. The summed E-state index contributed by atoms with van der Waals surface area (Å²) in [7, 11) is 0. The lowest BCUT2D eigenvalue weighted by molar-refractivity contribution is 0.0298. The zero-order chi connectivity index (χ0) is 20.3. The van der Waals surface area contributed by atoms with E-state index in [1.54, 1.807) is 0 Å². The predicted octanol–water partition coefficient (Wildman–Crippen LogP) is 3.22. The van der Waals surface area contributed by atoms with Crippen molar-refractivity contribution in [2.45, 2.75) is 25.9 Å². The SMILES string of the molecule is O=C(c1nc2ccccn2c1CN(Cc1ccccc1)CC1CC1)N1CCOCC1. The predicted molar refractivity (Wildman–Crippen MR) is 115 cm³/mol. The Hall–Kier alpha value is -2.70. The van der Waals surface area contributed by atoms with Crippen molar-refractivity contribution in [1.29, 1.82) is 0 Å². The Morgan fingerprint density at radius 3 is 2.57 bits per heavy atom. The minimum Gasteiger partial charge on any atom is -0.378 e. The number of nitrogens with zero attached hydrogens (tertiary/aromatic N) is 4. The molecule has 0 bridgehead atoms. The van der Waals surface area contributed by atoms with Gasteiger partial charge in [0, 0.05) is 38.9 Å². The summed E-state index contributed by atoms with van der Waals surface area (Å²) in [4.78, 5) is 22.4. The second kappa shape index (κ2) is 8.58. The number of pyridine rings is 1. The van der Waals surface area contributed by atoms with E-state index in [1.165, 1.54) is 18.4 Å². The molecule has 1 aliphatic heterocycles. The molecule has 1 aromatic carbocycles. The van der Waals surface area contributed by atoms with Crippen molar-refractivity contribution >= 4 is 11.6 Å². The number of fused-ring (bicyclic) bond motifs is 1. The molecule has 2 aromatic heterocycles. The van der Waals surface area contributed by atoms with Gasteiger partial charge in [-0.2, -0.15) is 0 Å². The van der Waals surface area contributed by atoms with Crippen molar-refractivity contribution in [2.75, 3.05) is 32.8 Å². The van der Waals surface area contributed by atoms with Crippen LogP contribution in [0.3, 0.4) is 0 Å². The van der Waals surface area contributed by atoms with E-state index >= 15 is 0 Å². The molecule has 156 valence electrons. The van der Waals surface area contributed by atoms with Crippen molar-refractivity contribution in [3.63, 3.8) is 0 Å². The largest absolute Gasteiger partial charge is 0.378 e. The first-order valence-electron chi connectivity index (χ1n) is 10.9. The van der Waals surface area contributed by atoms with E-state index in [-0.39, 0.29) is 5.91 Å². The fourth-order valence-corrected chi connectivity index (χ4v) is 4.19. The first-order chi connectivity index (χ1) is 14.8. The van der Waals surface area contributed by atoms with E-state index in [1.807, 2.05) is 29.3 Å². The highest BCUT2D eigenvalue weighted by Gasteiger charge is 2.29. The van der Waals surface area contributed by atoms with Crippen LogP contribution in [0.25, 0.3) is 5.65 Å². The van der Waals surface area contributed by atoms with Gasteiger partial charge in [0.25, 0.3) is 5.91 Å². The topological polar surface area (TPSA) is 50.1 Å². The summed E-state index contributed by atoms with van der Waals surface area (Å²) in [5.74, 6) is 0.786. The van der Waals surface area contributed by atoms with Gasteiger partial charge in [-0.25, -0.2) is 4.98 Å². The molecule has 1 saturated carbocycles. The molecule has 30 heavy (non-hydrogen) atoms. The Morgan fingerprint density at radius 2 is 1.80 bits per heavy atom. The number of ether oxygens (including phenoxy) is 1. The summed E-state index contributed by atoms with van der Waals surface area (Å²) >= 11 is 0. The molecule has 0 atom stereocenters. The number of benzene rings is 1. The van der Waals surface area contributed by atoms with Crippen LogP contribution in [0, 0.1) is 5.92 Å². The van der Waals surface area contributed by atoms with Gasteiger partial charge in [-0.3, -0.25) is 9.69 Å². The second-order valence-electron chi connectivity index (χ2n) is 8.34. The molecule has 3 heterocycles. The highest BCUT2D eigenvalue weighted by atomic mass is 16.5. The van der Waals surface area contributed by atoms with Crippen LogP contribution in [-0.2, 0) is 17.8 Å². The molecule has 3 aromatic rings. The summed E-state index contributed by atoms with van der Waals surface area (Å²) in [6.45, 7) is 5.08. The van der Waals surface area contributed by atoms with Crippen molar-refractivity contribution in [3.05, 3.63) is 71.7 Å². The molecule has 6 nitrogen and oxygen atoms in total. The van der Waals surface area contributed by atoms with Gasteiger partial charge in [0.05, 0.1) is 18.9 Å². The molecular weight excluding hydrogens is 376 g/mol. The summed E-state index contributed by atoms with van der Waals surface area (Å²) in [5.41, 5.74) is 3.69. The highest BCUT2D eigenvalue weighted by Crippen LogP contribution is 2.31. The Morgan fingerprint density at radius 1 is 1.03 bits per heavy atom. The van der Waals surface area contributed by atoms with E-state index < -0.39 is 0 Å². The number of imidazole rings is 1. The average molecular weight is 405 g/mol. The van der Waals surface area contributed by atoms with Crippen LogP contribution in [-0.4, -0.2) is 57.9 Å². The smallest absolute Gasteiger partial charge is 0.274 e. The third-order valence-electron chi connectivity index (χ3n) is 5.97. The van der Waals surface area contributed by atoms with Crippen LogP contribution in [0.15, 0.2) is 54.7 Å². The van der Waals surface area contributed by atoms with Gasteiger partial charge in [0.15, 0.2) is 5.69 Å². The molecule has 1 amide bonds. The molecule has 2 fully saturated rings. The van der Waals surface area contributed by atoms with Gasteiger partial charge in [0.2, 0.25) is 0 Å². The zero-order valence-electron chi connectivity index (χ0n) is 17.2. The van der Waals surface area contributed by atoms with Crippen LogP contribution in [0.5, 0.6) is 0 Å². The lowest BCUT2D eigenvalue weighted by Gasteiger charge is -2.27. The molecule has 0 N–H and O–H groups in total. The lowest BCUT2D eigenvalue weighted by Crippen LogP contribution is -2.41. The number of hydrogen-bond acceptors (Lipinski definition) is 4. The van der Waals surface area contributed by atoms with Crippen molar-refractivity contribution < 1.29 is 9.53 Å². The first kappa shape index (κ1) is 19.3. The normalized spacial score (nSPS) is 17.0. The molecular formula is C24H28N4O2. The molecule has 1 aliphatic carbocycles. The first-order valence-corrected chi connectivity index (χ1v) is 10.9. The number of morpholine rings is 1. The van der Waals surface area contributed by atoms with Crippen LogP contribution >= 0.6 is 0 Å². The second-order valence-corrected chi connectivity index (χ2v) is 8.34. The van der Waals surface area contributed by atoms with E-state index in [0.29, 0.717) is 38.5 Å². The fraction of sp³-hybridized carbons (Fsp3) is 0.417. The number of hydrogen-bond donors (Lipinski definition) is 0. The Labute approximate surface area is 177 Å². The zero-order valence-corrected chi connectivity index (χ0v) is 17.2. The highest BCUT2D eigenvalue weighted by molar-refractivity contribution is 5.94. The Balaban J connectivity index is 1.46. The van der Waals surface area contributed by atoms with Crippen molar-refractivity contribution in [3.8, 4) is 0 Å². The summed E-state index contributed by atoms with van der Waals surface area (Å²) in [6.07, 6.45) is 4.63. The van der Waals surface area contributed by atoms with Crippen LogP contribution in [0.2, 0.25) is 0 Å². The Bertz CT molecular complexity index is 1010. The lowest BCUT2D eigenvalue weighted by atomic mass is 10.2. The molecule has 5 rings (SSSR count). The van der Waals surface area contributed by atoms with Gasteiger partial charge >= 0.3 is 0 Å². The summed E-state index contributed by atoms with van der Waals surface area (Å²) in [5, 5.41) is 0. The molecule has 0 unspecified atom stereocenters. The van der Waals surface area contributed by atoms with E-state index in [0.717, 1.165) is 30.3 Å². The van der Waals surface area contributed by atoms with Crippen LogP contribution in [0.4, 0.5) is 0 Å². The van der Waals surface area contributed by atoms with Crippen LogP contribution in [0.1, 0.15) is 34.6 Å². The fourth-order valence-electron chi connectivity index (χ4n) is 4.19. The van der Waals surface area contributed by atoms with Crippen LogP contribution < -0.4 is 0 Å². The average Bonchev–Trinajstić information content (AvgIpc) is 3.54. The quantitative estimate of drug-likeness (QED) is 0.607. The standard InChI is InChI=1S/C24H28N4O2/c29-24(27-12-14-30-15-13-27)23-21(28-11-5-4-8-22(28)25-23)18-26(17-20-9-10-20)16-19-6-2-1-3-7-19/h1-8,11,20H,9-10,12-18H2. The third kappa shape index (κ3) is 4.25. The maximum absolute atomic E-state index is 13.3.